The lowest BCUT2D eigenvalue weighted by Gasteiger charge is -2.38. The Morgan fingerprint density at radius 2 is 2.00 bits per heavy atom. The molecule has 5 nitrogen and oxygen atoms in total. The fraction of sp³-hybridized carbons (Fsp3) is 0.882. The minimum atomic E-state index is -1.89. The smallest absolute Gasteiger partial charge is 0.410 e. The van der Waals surface area contributed by atoms with E-state index in [9.17, 15) is 9.59 Å². The van der Waals surface area contributed by atoms with E-state index in [1.807, 2.05) is 0 Å². The third-order valence-corrected chi connectivity index (χ3v) is 9.50. The maximum absolute atomic E-state index is 12.3. The zero-order chi connectivity index (χ0) is 17.7. The molecule has 1 fully saturated rings. The van der Waals surface area contributed by atoms with Crippen molar-refractivity contribution in [1.82, 2.24) is 4.90 Å². The molecule has 0 radical (unpaired) electrons. The standard InChI is InChI=1S/C17H33NO4Si/c1-7-8-11-21-16(20)18-13-15(12-14(18)9-10-19)22-23(5,6)17(2,3)4/h10,14-15H,7-9,11-13H2,1-6H3. The Balaban J connectivity index is 2.70. The van der Waals surface area contributed by atoms with E-state index in [1.54, 1.807) is 4.90 Å². The van der Waals surface area contributed by atoms with Crippen LogP contribution in [0.2, 0.25) is 18.1 Å². The van der Waals surface area contributed by atoms with Crippen LogP contribution in [0, 0.1) is 0 Å². The minimum absolute atomic E-state index is 0.000401. The highest BCUT2D eigenvalue weighted by atomic mass is 28.4. The highest BCUT2D eigenvalue weighted by molar-refractivity contribution is 6.74. The molecule has 2 atom stereocenters. The average molecular weight is 344 g/mol. The predicted molar refractivity (Wildman–Crippen MR) is 94.1 cm³/mol. The Hall–Kier alpha value is -0.883. The molecule has 1 rings (SSSR count). The van der Waals surface area contributed by atoms with Gasteiger partial charge >= 0.3 is 6.09 Å². The van der Waals surface area contributed by atoms with E-state index in [0.29, 0.717) is 26.0 Å². The molecule has 1 aliphatic rings. The second kappa shape index (κ2) is 8.28. The van der Waals surface area contributed by atoms with Crippen molar-refractivity contribution in [2.24, 2.45) is 0 Å². The zero-order valence-corrected chi connectivity index (χ0v) is 16.6. The molecule has 0 bridgehead atoms. The third-order valence-electron chi connectivity index (χ3n) is 4.97. The average Bonchev–Trinajstić information content (AvgIpc) is 2.80. The van der Waals surface area contributed by atoms with E-state index >= 15 is 0 Å². The summed E-state index contributed by atoms with van der Waals surface area (Å²) in [6.07, 6.45) is 3.48. The van der Waals surface area contributed by atoms with Crippen LogP contribution in [0.3, 0.4) is 0 Å². The van der Waals surface area contributed by atoms with Crippen LogP contribution in [0.1, 0.15) is 53.4 Å². The Kier molecular flexibility index (Phi) is 7.26. The first kappa shape index (κ1) is 20.2. The SMILES string of the molecule is CCCCOC(=O)N1CC(O[Si](C)(C)C(C)(C)C)CC1CC=O. The van der Waals surface area contributed by atoms with E-state index in [1.165, 1.54) is 0 Å². The molecule has 0 aliphatic carbocycles. The molecule has 1 aliphatic heterocycles. The molecule has 0 aromatic rings. The second-order valence-corrected chi connectivity index (χ2v) is 12.7. The van der Waals surface area contributed by atoms with E-state index in [0.717, 1.165) is 19.1 Å². The van der Waals surface area contributed by atoms with Gasteiger partial charge in [0, 0.05) is 19.0 Å². The van der Waals surface area contributed by atoms with Gasteiger partial charge in [-0.2, -0.15) is 0 Å². The summed E-state index contributed by atoms with van der Waals surface area (Å²) in [6, 6.07) is -0.101. The van der Waals surface area contributed by atoms with Gasteiger partial charge in [-0.3, -0.25) is 0 Å². The van der Waals surface area contributed by atoms with Crippen molar-refractivity contribution >= 4 is 20.7 Å². The Labute approximate surface area is 141 Å². The van der Waals surface area contributed by atoms with Crippen molar-refractivity contribution in [3.05, 3.63) is 0 Å². The van der Waals surface area contributed by atoms with Crippen LogP contribution in [0.25, 0.3) is 0 Å². The molecular formula is C17H33NO4Si. The quantitative estimate of drug-likeness (QED) is 0.399. The van der Waals surface area contributed by atoms with Crippen LogP contribution in [-0.2, 0) is 14.0 Å². The molecule has 23 heavy (non-hydrogen) atoms. The molecule has 0 aromatic heterocycles. The van der Waals surface area contributed by atoms with Gasteiger partial charge in [-0.1, -0.05) is 34.1 Å². The first-order chi connectivity index (χ1) is 10.6. The molecule has 0 saturated carbocycles. The first-order valence-electron chi connectivity index (χ1n) is 8.67. The van der Waals surface area contributed by atoms with Crippen molar-refractivity contribution < 1.29 is 18.8 Å². The maximum Gasteiger partial charge on any atom is 0.410 e. The summed E-state index contributed by atoms with van der Waals surface area (Å²) in [6.45, 7) is 14.1. The van der Waals surface area contributed by atoms with Gasteiger partial charge in [-0.05, 0) is 31.0 Å². The molecular weight excluding hydrogens is 310 g/mol. The number of nitrogens with zero attached hydrogens (tertiary/aromatic N) is 1. The summed E-state index contributed by atoms with van der Waals surface area (Å²) in [5.74, 6) is 0. The van der Waals surface area contributed by atoms with Crippen LogP contribution in [0.4, 0.5) is 4.79 Å². The van der Waals surface area contributed by atoms with Gasteiger partial charge in [0.25, 0.3) is 0 Å². The molecule has 1 saturated heterocycles. The van der Waals surface area contributed by atoms with Crippen molar-refractivity contribution in [2.45, 2.75) is 83.7 Å². The van der Waals surface area contributed by atoms with E-state index in [-0.39, 0.29) is 23.3 Å². The number of carbonyl (C=O) groups is 2. The molecule has 1 heterocycles. The Morgan fingerprint density at radius 1 is 1.35 bits per heavy atom. The number of amides is 1. The summed E-state index contributed by atoms with van der Waals surface area (Å²) in [5.41, 5.74) is 0. The predicted octanol–water partition coefficient (Wildman–Crippen LogP) is 3.98. The van der Waals surface area contributed by atoms with Gasteiger partial charge in [-0.25, -0.2) is 4.79 Å². The van der Waals surface area contributed by atoms with Crippen molar-refractivity contribution in [3.63, 3.8) is 0 Å². The molecule has 0 N–H and O–H groups in total. The van der Waals surface area contributed by atoms with Gasteiger partial charge in [0.1, 0.15) is 6.29 Å². The number of hydrogen-bond donors (Lipinski definition) is 0. The van der Waals surface area contributed by atoms with Crippen molar-refractivity contribution in [2.75, 3.05) is 13.2 Å². The van der Waals surface area contributed by atoms with Gasteiger partial charge in [0.05, 0.1) is 12.7 Å². The molecule has 1 amide bonds. The normalized spacial score (nSPS) is 22.3. The van der Waals surface area contributed by atoms with Crippen molar-refractivity contribution in [1.29, 1.82) is 0 Å². The minimum Gasteiger partial charge on any atom is -0.449 e. The fourth-order valence-corrected chi connectivity index (χ4v) is 3.86. The Bertz CT molecular complexity index is 406. The molecule has 0 aromatic carbocycles. The van der Waals surface area contributed by atoms with Gasteiger partial charge in [0.2, 0.25) is 0 Å². The van der Waals surface area contributed by atoms with E-state index in [2.05, 4.69) is 40.8 Å². The number of ether oxygens (including phenoxy) is 1. The van der Waals surface area contributed by atoms with E-state index < -0.39 is 8.32 Å². The van der Waals surface area contributed by atoms with Crippen LogP contribution < -0.4 is 0 Å². The highest BCUT2D eigenvalue weighted by Crippen LogP contribution is 2.39. The lowest BCUT2D eigenvalue weighted by atomic mass is 10.1. The largest absolute Gasteiger partial charge is 0.449 e. The monoisotopic (exact) mass is 343 g/mol. The summed E-state index contributed by atoms with van der Waals surface area (Å²) in [7, 11) is -1.89. The summed E-state index contributed by atoms with van der Waals surface area (Å²) < 4.78 is 11.7. The van der Waals surface area contributed by atoms with Gasteiger partial charge in [-0.15, -0.1) is 0 Å². The first-order valence-corrected chi connectivity index (χ1v) is 11.6. The van der Waals surface area contributed by atoms with Crippen molar-refractivity contribution in [3.8, 4) is 0 Å². The van der Waals surface area contributed by atoms with Gasteiger partial charge < -0.3 is 18.9 Å². The van der Waals surface area contributed by atoms with Gasteiger partial charge in [0.15, 0.2) is 8.32 Å². The van der Waals surface area contributed by atoms with Crippen LogP contribution >= 0.6 is 0 Å². The summed E-state index contributed by atoms with van der Waals surface area (Å²) >= 11 is 0. The highest BCUT2D eigenvalue weighted by Gasteiger charge is 2.43. The molecule has 134 valence electrons. The van der Waals surface area contributed by atoms with Crippen LogP contribution in [-0.4, -0.2) is 50.9 Å². The Morgan fingerprint density at radius 3 is 2.52 bits per heavy atom. The fourth-order valence-electron chi connectivity index (χ4n) is 2.50. The molecule has 2 unspecified atom stereocenters. The lowest BCUT2D eigenvalue weighted by Crippen LogP contribution is -2.44. The third kappa shape index (κ3) is 5.60. The molecule has 0 spiro atoms. The number of aldehydes is 1. The summed E-state index contributed by atoms with van der Waals surface area (Å²) in [4.78, 5) is 24.9. The lowest BCUT2D eigenvalue weighted by molar-refractivity contribution is -0.108. The van der Waals surface area contributed by atoms with Crippen LogP contribution in [0.5, 0.6) is 0 Å². The number of unbranched alkanes of at least 4 members (excludes halogenated alkanes) is 1. The number of likely N-dealkylation sites (tertiary alicyclic amines) is 1. The van der Waals surface area contributed by atoms with E-state index in [4.69, 9.17) is 9.16 Å². The topological polar surface area (TPSA) is 55.8 Å². The van der Waals surface area contributed by atoms with Crippen LogP contribution in [0.15, 0.2) is 0 Å². The second-order valence-electron chi connectivity index (χ2n) is 7.91. The number of rotatable bonds is 7. The molecule has 6 heteroatoms. The number of hydrogen-bond acceptors (Lipinski definition) is 4. The number of carbonyl (C=O) groups excluding carboxylic acids is 2. The maximum atomic E-state index is 12.3. The zero-order valence-electron chi connectivity index (χ0n) is 15.6. The summed E-state index contributed by atoms with van der Waals surface area (Å²) in [5, 5.41) is 0.127.